The molecule has 0 bridgehead atoms. The van der Waals surface area contributed by atoms with E-state index in [2.05, 4.69) is 10.2 Å². The third-order valence-electron chi connectivity index (χ3n) is 5.20. The molecule has 7 heteroatoms. The van der Waals surface area contributed by atoms with Crippen LogP contribution < -0.4 is 9.80 Å². The molecular weight excluding hydrogens is 369 g/mol. The number of aromatic nitrogens is 3. The van der Waals surface area contributed by atoms with Crippen molar-refractivity contribution in [3.05, 3.63) is 54.3 Å². The van der Waals surface area contributed by atoms with Crippen LogP contribution in [0.1, 0.15) is 12.8 Å². The minimum absolute atomic E-state index is 0.268. The van der Waals surface area contributed by atoms with Gasteiger partial charge in [-0.1, -0.05) is 12.1 Å². The number of halogens is 1. The van der Waals surface area contributed by atoms with Crippen LogP contribution in [0.25, 0.3) is 22.5 Å². The number of nitrogens with zero attached hydrogens (tertiary/aromatic N) is 5. The molecule has 6 nitrogen and oxygen atoms in total. The molecule has 1 N–H and O–H groups in total. The fourth-order valence-corrected chi connectivity index (χ4v) is 3.44. The molecule has 1 aliphatic heterocycles. The second-order valence-corrected chi connectivity index (χ2v) is 7.48. The maximum atomic E-state index is 13.4. The molecule has 3 aromatic rings. The third-order valence-corrected chi connectivity index (χ3v) is 5.20. The van der Waals surface area contributed by atoms with Gasteiger partial charge in [-0.2, -0.15) is 0 Å². The van der Waals surface area contributed by atoms with E-state index in [0.717, 1.165) is 16.8 Å². The van der Waals surface area contributed by atoms with E-state index in [0.29, 0.717) is 43.3 Å². The first kappa shape index (κ1) is 19.3. The number of hydrogen-bond donors (Lipinski definition) is 1. The molecule has 29 heavy (non-hydrogen) atoms. The third kappa shape index (κ3) is 4.19. The molecule has 4 rings (SSSR count). The first-order valence-electron chi connectivity index (χ1n) is 9.72. The zero-order valence-corrected chi connectivity index (χ0v) is 16.6. The molecular formula is C22H24FN5O. The van der Waals surface area contributed by atoms with Crippen molar-refractivity contribution in [3.63, 3.8) is 0 Å². The molecule has 0 unspecified atom stereocenters. The van der Waals surface area contributed by atoms with Crippen molar-refractivity contribution in [1.82, 2.24) is 15.2 Å². The standard InChI is InChI=1S/C22H24FN5O/c1-27(2)18-9-5-15(6-10-18)20-21(16-3-7-17(23)8-4-16)25-26-22(24-20)28-13-11-19(29)12-14-28/h3-10,19,29H,11-14H2,1-2H3. The molecule has 2 heterocycles. The summed E-state index contributed by atoms with van der Waals surface area (Å²) in [4.78, 5) is 8.91. The average Bonchev–Trinajstić information content (AvgIpc) is 2.75. The summed E-state index contributed by atoms with van der Waals surface area (Å²) >= 11 is 0. The van der Waals surface area contributed by atoms with Crippen LogP contribution in [0.4, 0.5) is 16.0 Å². The van der Waals surface area contributed by atoms with Gasteiger partial charge in [-0.05, 0) is 49.2 Å². The van der Waals surface area contributed by atoms with Gasteiger partial charge in [-0.3, -0.25) is 0 Å². The highest BCUT2D eigenvalue weighted by Gasteiger charge is 2.22. The Kier molecular flexibility index (Phi) is 5.40. The minimum Gasteiger partial charge on any atom is -0.393 e. The van der Waals surface area contributed by atoms with E-state index >= 15 is 0 Å². The number of anilines is 2. The Morgan fingerprint density at radius 3 is 2.10 bits per heavy atom. The summed E-state index contributed by atoms with van der Waals surface area (Å²) in [6.45, 7) is 1.38. The Morgan fingerprint density at radius 1 is 0.897 bits per heavy atom. The molecule has 1 aliphatic rings. The van der Waals surface area contributed by atoms with Crippen LogP contribution >= 0.6 is 0 Å². The number of piperidine rings is 1. The molecule has 1 saturated heterocycles. The van der Waals surface area contributed by atoms with E-state index in [1.54, 1.807) is 12.1 Å². The number of hydrogen-bond acceptors (Lipinski definition) is 6. The summed E-state index contributed by atoms with van der Waals surface area (Å²) in [6.07, 6.45) is 1.11. The van der Waals surface area contributed by atoms with Crippen LogP contribution in [-0.4, -0.2) is 53.6 Å². The first-order chi connectivity index (χ1) is 14.0. The summed E-state index contributed by atoms with van der Waals surface area (Å²) in [7, 11) is 3.99. The van der Waals surface area contributed by atoms with Crippen molar-refractivity contribution in [2.75, 3.05) is 37.0 Å². The largest absolute Gasteiger partial charge is 0.393 e. The maximum absolute atomic E-state index is 13.4. The Balaban J connectivity index is 1.77. The summed E-state index contributed by atoms with van der Waals surface area (Å²) < 4.78 is 13.4. The minimum atomic E-state index is -0.296. The molecule has 150 valence electrons. The van der Waals surface area contributed by atoms with E-state index < -0.39 is 0 Å². The van der Waals surface area contributed by atoms with Crippen LogP contribution in [0.2, 0.25) is 0 Å². The zero-order valence-electron chi connectivity index (χ0n) is 16.6. The van der Waals surface area contributed by atoms with E-state index in [-0.39, 0.29) is 11.9 Å². The Bertz CT molecular complexity index is 967. The van der Waals surface area contributed by atoms with Crippen molar-refractivity contribution in [3.8, 4) is 22.5 Å². The lowest BCUT2D eigenvalue weighted by molar-refractivity contribution is 0.145. The average molecular weight is 393 g/mol. The SMILES string of the molecule is CN(C)c1ccc(-c2nc(N3CCC(O)CC3)nnc2-c2ccc(F)cc2)cc1. The predicted octanol–water partition coefficient (Wildman–Crippen LogP) is 3.37. The highest BCUT2D eigenvalue weighted by Crippen LogP contribution is 2.31. The maximum Gasteiger partial charge on any atom is 0.245 e. The second kappa shape index (κ2) is 8.13. The summed E-state index contributed by atoms with van der Waals surface area (Å²) in [5.41, 5.74) is 4.09. The smallest absolute Gasteiger partial charge is 0.245 e. The fourth-order valence-electron chi connectivity index (χ4n) is 3.44. The van der Waals surface area contributed by atoms with Gasteiger partial charge in [0.1, 0.15) is 17.2 Å². The zero-order chi connectivity index (χ0) is 20.4. The van der Waals surface area contributed by atoms with Crippen molar-refractivity contribution in [2.24, 2.45) is 0 Å². The lowest BCUT2D eigenvalue weighted by Crippen LogP contribution is -2.37. The highest BCUT2D eigenvalue weighted by molar-refractivity contribution is 5.78. The van der Waals surface area contributed by atoms with Gasteiger partial charge < -0.3 is 14.9 Å². The monoisotopic (exact) mass is 393 g/mol. The molecule has 0 radical (unpaired) electrons. The Hall–Kier alpha value is -3.06. The summed E-state index contributed by atoms with van der Waals surface area (Å²) in [5.74, 6) is 0.254. The molecule has 0 atom stereocenters. The molecule has 0 amide bonds. The van der Waals surface area contributed by atoms with E-state index in [1.165, 1.54) is 12.1 Å². The van der Waals surface area contributed by atoms with Crippen LogP contribution in [0.5, 0.6) is 0 Å². The van der Waals surface area contributed by atoms with Crippen molar-refractivity contribution < 1.29 is 9.50 Å². The van der Waals surface area contributed by atoms with Crippen molar-refractivity contribution in [2.45, 2.75) is 18.9 Å². The molecule has 0 aliphatic carbocycles. The lowest BCUT2D eigenvalue weighted by Gasteiger charge is -2.29. The molecule has 1 fully saturated rings. The number of rotatable bonds is 4. The van der Waals surface area contributed by atoms with Gasteiger partial charge in [0, 0.05) is 44.0 Å². The van der Waals surface area contributed by atoms with Gasteiger partial charge >= 0.3 is 0 Å². The van der Waals surface area contributed by atoms with Crippen LogP contribution in [0, 0.1) is 5.82 Å². The summed E-state index contributed by atoms with van der Waals surface area (Å²) in [6, 6.07) is 14.3. The van der Waals surface area contributed by atoms with Crippen molar-refractivity contribution >= 4 is 11.6 Å². The molecule has 2 aromatic carbocycles. The van der Waals surface area contributed by atoms with E-state index in [9.17, 15) is 9.50 Å². The van der Waals surface area contributed by atoms with Crippen LogP contribution in [0.15, 0.2) is 48.5 Å². The van der Waals surface area contributed by atoms with Crippen LogP contribution in [-0.2, 0) is 0 Å². The number of benzene rings is 2. The Morgan fingerprint density at radius 2 is 1.48 bits per heavy atom. The van der Waals surface area contributed by atoms with Gasteiger partial charge in [0.2, 0.25) is 5.95 Å². The van der Waals surface area contributed by atoms with Gasteiger partial charge in [0.05, 0.1) is 6.10 Å². The highest BCUT2D eigenvalue weighted by atomic mass is 19.1. The normalized spacial score (nSPS) is 14.8. The van der Waals surface area contributed by atoms with E-state index in [4.69, 9.17) is 4.98 Å². The van der Waals surface area contributed by atoms with Gasteiger partial charge in [0.25, 0.3) is 0 Å². The number of aliphatic hydroxyl groups is 1. The van der Waals surface area contributed by atoms with Gasteiger partial charge in [-0.25, -0.2) is 9.37 Å². The topological polar surface area (TPSA) is 65.4 Å². The quantitative estimate of drug-likeness (QED) is 0.733. The predicted molar refractivity (Wildman–Crippen MR) is 112 cm³/mol. The summed E-state index contributed by atoms with van der Waals surface area (Å²) in [5, 5.41) is 18.6. The molecule has 0 saturated carbocycles. The molecule has 0 spiro atoms. The second-order valence-electron chi connectivity index (χ2n) is 7.48. The van der Waals surface area contributed by atoms with Crippen molar-refractivity contribution in [1.29, 1.82) is 0 Å². The van der Waals surface area contributed by atoms with Gasteiger partial charge in [0.15, 0.2) is 0 Å². The Labute approximate surface area is 169 Å². The van der Waals surface area contributed by atoms with Gasteiger partial charge in [-0.15, -0.1) is 10.2 Å². The lowest BCUT2D eigenvalue weighted by atomic mass is 10.0. The first-order valence-corrected chi connectivity index (χ1v) is 9.72. The van der Waals surface area contributed by atoms with Crippen LogP contribution in [0.3, 0.4) is 0 Å². The number of aliphatic hydroxyl groups excluding tert-OH is 1. The van der Waals surface area contributed by atoms with E-state index in [1.807, 2.05) is 48.2 Å². The molecule has 1 aromatic heterocycles. The fraction of sp³-hybridized carbons (Fsp3) is 0.318.